The van der Waals surface area contributed by atoms with E-state index in [1.165, 1.54) is 11.3 Å². The zero-order valence-electron chi connectivity index (χ0n) is 20.5. The summed E-state index contributed by atoms with van der Waals surface area (Å²) in [6.07, 6.45) is -3.68. The van der Waals surface area contributed by atoms with Gasteiger partial charge in [-0.15, -0.1) is 11.3 Å². The smallest absolute Gasteiger partial charge is 0.317 e. The number of hydrogen-bond donors (Lipinski definition) is 1. The lowest BCUT2D eigenvalue weighted by atomic mass is 9.73. The number of thiophene rings is 1. The van der Waals surface area contributed by atoms with Crippen molar-refractivity contribution in [2.45, 2.75) is 57.0 Å². The van der Waals surface area contributed by atoms with E-state index >= 15 is 0 Å². The molecule has 1 fully saturated rings. The molecule has 1 spiro atoms. The number of amides is 1. The Hall–Kier alpha value is -2.22. The highest BCUT2D eigenvalue weighted by molar-refractivity contribution is 7.20. The minimum atomic E-state index is -4.33. The number of alkyl halides is 3. The third-order valence-corrected chi connectivity index (χ3v) is 8.93. The number of nitrogens with one attached hydrogen (secondary N) is 1. The predicted octanol–water partition coefficient (Wildman–Crippen LogP) is 6.93. The van der Waals surface area contributed by atoms with Crippen LogP contribution in [0.5, 0.6) is 0 Å². The maximum absolute atomic E-state index is 14.3. The van der Waals surface area contributed by atoms with E-state index in [2.05, 4.69) is 32.2 Å². The summed E-state index contributed by atoms with van der Waals surface area (Å²) in [6.45, 7) is 8.16. The monoisotopic (exact) mass is 501 g/mol. The molecular weight excluding hydrogens is 469 g/mol. The molecule has 1 N–H and O–H groups in total. The second kappa shape index (κ2) is 8.43. The second-order valence-electron chi connectivity index (χ2n) is 11.2. The summed E-state index contributed by atoms with van der Waals surface area (Å²) in [6, 6.07) is 15.7. The highest BCUT2D eigenvalue weighted by atomic mass is 32.1. The Bertz CT molecular complexity index is 1230. The Balaban J connectivity index is 1.70. The molecule has 3 aromatic rings. The lowest BCUT2D eigenvalue weighted by Crippen LogP contribution is -2.58. The molecule has 7 heteroatoms. The number of benzene rings is 2. The van der Waals surface area contributed by atoms with Crippen molar-refractivity contribution < 1.29 is 18.0 Å². The molecule has 1 aromatic heterocycles. The van der Waals surface area contributed by atoms with Gasteiger partial charge in [0, 0.05) is 16.3 Å². The topological polar surface area (TPSA) is 29.1 Å². The van der Waals surface area contributed by atoms with Crippen LogP contribution in [0.2, 0.25) is 0 Å². The first-order valence-corrected chi connectivity index (χ1v) is 13.1. The second-order valence-corrected chi connectivity index (χ2v) is 12.3. The number of carbonyl (C=O) groups is 1. The number of fused-ring (bicyclic) bond motifs is 3. The molecule has 186 valence electrons. The molecule has 1 unspecified atom stereocenters. The van der Waals surface area contributed by atoms with Crippen LogP contribution in [-0.4, -0.2) is 38.3 Å². The fraction of sp³-hybridized carbons (Fsp3) is 0.464. The lowest BCUT2D eigenvalue weighted by molar-refractivity contribution is -0.136. The van der Waals surface area contributed by atoms with Gasteiger partial charge in [0.1, 0.15) is 17.1 Å². The number of rotatable bonds is 3. The van der Waals surface area contributed by atoms with Gasteiger partial charge in [-0.1, -0.05) is 45.0 Å². The molecule has 2 aliphatic heterocycles. The van der Waals surface area contributed by atoms with Gasteiger partial charge in [0.05, 0.1) is 18.4 Å². The Kier molecular flexibility index (Phi) is 5.89. The molecule has 1 atom stereocenters. The summed E-state index contributed by atoms with van der Waals surface area (Å²) in [5.41, 5.74) is 2.58. The van der Waals surface area contributed by atoms with Crippen LogP contribution in [0.25, 0.3) is 10.1 Å². The fourth-order valence-corrected chi connectivity index (χ4v) is 6.99. The molecule has 1 saturated heterocycles. The average Bonchev–Trinajstić information content (AvgIpc) is 3.35. The van der Waals surface area contributed by atoms with Gasteiger partial charge in [0.2, 0.25) is 0 Å². The molecule has 3 nitrogen and oxygen atoms in total. The van der Waals surface area contributed by atoms with Gasteiger partial charge in [-0.05, 0) is 60.5 Å². The molecule has 0 saturated carbocycles. The van der Waals surface area contributed by atoms with E-state index in [4.69, 9.17) is 0 Å². The number of carbonyl (C=O) groups excluding carboxylic acids is 1. The summed E-state index contributed by atoms with van der Waals surface area (Å²) < 4.78 is 41.6. The van der Waals surface area contributed by atoms with Crippen LogP contribution in [0.3, 0.4) is 0 Å². The lowest BCUT2D eigenvalue weighted by Gasteiger charge is -2.37. The molecule has 35 heavy (non-hydrogen) atoms. The zero-order valence-corrected chi connectivity index (χ0v) is 21.3. The molecule has 1 amide bonds. The van der Waals surface area contributed by atoms with E-state index in [9.17, 15) is 18.0 Å². The fourth-order valence-electron chi connectivity index (χ4n) is 5.92. The van der Waals surface area contributed by atoms with Crippen LogP contribution < -0.4 is 9.80 Å². The molecular formula is C28H32F3N2OS+. The van der Waals surface area contributed by atoms with Crippen molar-refractivity contribution in [3.63, 3.8) is 0 Å². The van der Waals surface area contributed by atoms with Gasteiger partial charge in [-0.25, -0.2) is 9.28 Å². The van der Waals surface area contributed by atoms with E-state index < -0.39 is 12.6 Å². The normalized spacial score (nSPS) is 22.0. The highest BCUT2D eigenvalue weighted by Crippen LogP contribution is 2.52. The predicted molar refractivity (Wildman–Crippen MR) is 137 cm³/mol. The van der Waals surface area contributed by atoms with Gasteiger partial charge < -0.3 is 5.32 Å². The first-order chi connectivity index (χ1) is 16.4. The first-order valence-electron chi connectivity index (χ1n) is 12.3. The Morgan fingerprint density at radius 2 is 1.77 bits per heavy atom. The van der Waals surface area contributed by atoms with Crippen molar-refractivity contribution >= 4 is 33.0 Å². The van der Waals surface area contributed by atoms with E-state index in [1.807, 2.05) is 42.5 Å². The largest absolute Gasteiger partial charge is 0.394 e. The third-order valence-electron chi connectivity index (χ3n) is 7.83. The summed E-state index contributed by atoms with van der Waals surface area (Å²) >= 11 is 1.38. The summed E-state index contributed by atoms with van der Waals surface area (Å²) in [5, 5.41) is 4.36. The number of quaternary nitrogens is 1. The Labute approximate surface area is 208 Å². The average molecular weight is 502 g/mol. The minimum Gasteiger partial charge on any atom is -0.317 e. The Morgan fingerprint density at radius 3 is 2.43 bits per heavy atom. The number of nitrogens with zero attached hydrogens (tertiary/aromatic N) is 1. The Morgan fingerprint density at radius 1 is 1.06 bits per heavy atom. The van der Waals surface area contributed by atoms with Gasteiger partial charge >= 0.3 is 12.1 Å². The molecule has 0 aliphatic carbocycles. The molecule has 0 bridgehead atoms. The van der Waals surface area contributed by atoms with Crippen molar-refractivity contribution in [2.24, 2.45) is 0 Å². The maximum atomic E-state index is 14.3. The summed E-state index contributed by atoms with van der Waals surface area (Å²) in [7, 11) is 0. The van der Waals surface area contributed by atoms with Gasteiger partial charge in [-0.3, -0.25) is 0 Å². The van der Waals surface area contributed by atoms with Crippen LogP contribution in [0.4, 0.5) is 18.9 Å². The van der Waals surface area contributed by atoms with Crippen LogP contribution >= 0.6 is 11.3 Å². The summed E-state index contributed by atoms with van der Waals surface area (Å²) in [5.74, 6) is -0.212. The molecule has 5 rings (SSSR count). The summed E-state index contributed by atoms with van der Waals surface area (Å²) in [4.78, 5) is 14.9. The van der Waals surface area contributed by atoms with Crippen molar-refractivity contribution in [3.8, 4) is 0 Å². The zero-order chi connectivity index (χ0) is 25.1. The van der Waals surface area contributed by atoms with Crippen LogP contribution in [0.15, 0.2) is 48.5 Å². The highest BCUT2D eigenvalue weighted by Gasteiger charge is 2.58. The maximum Gasteiger partial charge on any atom is 0.394 e. The van der Waals surface area contributed by atoms with Crippen LogP contribution in [-0.2, 0) is 10.8 Å². The molecule has 0 radical (unpaired) electrons. The van der Waals surface area contributed by atoms with Gasteiger partial charge in [0.25, 0.3) is 0 Å². The van der Waals surface area contributed by atoms with Gasteiger partial charge in [-0.2, -0.15) is 13.2 Å². The standard InChI is InChI=1S/C28H32F3N2OS/c1-26(2,3)20-8-9-22-21(17-20)27(10-13-32-14-11-27)18-33(22,15-12-28(29,30)31)25(34)24-16-19-6-4-5-7-23(19)35-24/h4-9,16-17,32H,10-15,18H2,1-3H3/q+1. The third kappa shape index (κ3) is 4.32. The van der Waals surface area contributed by atoms with Crippen LogP contribution in [0.1, 0.15) is 60.8 Å². The van der Waals surface area contributed by atoms with E-state index in [0.29, 0.717) is 11.4 Å². The van der Waals surface area contributed by atoms with Crippen molar-refractivity contribution in [3.05, 3.63) is 64.5 Å². The van der Waals surface area contributed by atoms with Crippen LogP contribution in [0, 0.1) is 0 Å². The van der Waals surface area contributed by atoms with E-state index in [1.54, 1.807) is 0 Å². The van der Waals surface area contributed by atoms with E-state index in [0.717, 1.165) is 52.8 Å². The molecule has 2 aliphatic rings. The minimum absolute atomic E-state index is 0.0944. The number of piperidine rings is 1. The van der Waals surface area contributed by atoms with Crippen molar-refractivity contribution in [2.75, 3.05) is 26.2 Å². The number of hydrogen-bond acceptors (Lipinski definition) is 3. The van der Waals surface area contributed by atoms with E-state index in [-0.39, 0.29) is 27.8 Å². The van der Waals surface area contributed by atoms with Crippen molar-refractivity contribution in [1.82, 2.24) is 9.80 Å². The molecule has 3 heterocycles. The SMILES string of the molecule is CC(C)(C)c1ccc2c(c1)C1(CCNCC1)C[N+]2(CCC(F)(F)F)C(=O)c1cc2ccccc2s1. The quantitative estimate of drug-likeness (QED) is 0.394. The number of halogens is 3. The van der Waals surface area contributed by atoms with Crippen molar-refractivity contribution in [1.29, 1.82) is 0 Å². The van der Waals surface area contributed by atoms with Gasteiger partial charge in [0.15, 0.2) is 0 Å². The molecule has 2 aromatic carbocycles. The first kappa shape index (κ1) is 24.5.